The van der Waals surface area contributed by atoms with Crippen molar-refractivity contribution < 1.29 is 8.78 Å². The Morgan fingerprint density at radius 1 is 0.415 bits per heavy atom. The SMILES string of the molecule is CC1(C)CC1.CC1(C)CCC1.CC1(C2CC2)CC1.CC1CCC(C)(C)CC1.CC1CCC(F)(F)C1.CC1CCCC1. The smallest absolute Gasteiger partial charge is 0.207 e. The monoisotopic (exact) mass is 581 g/mol. The highest BCUT2D eigenvalue weighted by atomic mass is 19.3. The van der Waals surface area contributed by atoms with E-state index in [9.17, 15) is 8.78 Å². The van der Waals surface area contributed by atoms with Gasteiger partial charge in [0.25, 0.3) is 0 Å². The van der Waals surface area contributed by atoms with Crippen molar-refractivity contribution in [1.29, 1.82) is 0 Å². The molecule has 0 aromatic carbocycles. The lowest BCUT2D eigenvalue weighted by molar-refractivity contribution is 0.00579. The van der Waals surface area contributed by atoms with Crippen molar-refractivity contribution in [2.75, 3.05) is 0 Å². The summed E-state index contributed by atoms with van der Waals surface area (Å²) in [4.78, 5) is 0. The second-order valence-corrected chi connectivity index (χ2v) is 18.6. The van der Waals surface area contributed by atoms with Crippen LogP contribution < -0.4 is 0 Å². The molecule has 7 rings (SSSR count). The van der Waals surface area contributed by atoms with Gasteiger partial charge in [-0.25, -0.2) is 8.78 Å². The van der Waals surface area contributed by atoms with Gasteiger partial charge in [-0.2, -0.15) is 0 Å². The Kier molecular flexibility index (Phi) is 14.2. The summed E-state index contributed by atoms with van der Waals surface area (Å²) in [7, 11) is 0. The molecule has 0 spiro atoms. The molecule has 0 radical (unpaired) electrons. The van der Waals surface area contributed by atoms with E-state index in [4.69, 9.17) is 0 Å². The summed E-state index contributed by atoms with van der Waals surface area (Å²) in [5.74, 6) is 1.11. The first-order valence-corrected chi connectivity index (χ1v) is 18.2. The maximum atomic E-state index is 12.2. The number of rotatable bonds is 1. The van der Waals surface area contributed by atoms with Crippen molar-refractivity contribution in [3.63, 3.8) is 0 Å². The Labute approximate surface area is 257 Å². The quantitative estimate of drug-likeness (QED) is 0.289. The summed E-state index contributed by atoms with van der Waals surface area (Å²) >= 11 is 0. The molecule has 0 saturated heterocycles. The topological polar surface area (TPSA) is 0 Å². The maximum Gasteiger partial charge on any atom is 0.248 e. The zero-order valence-electron chi connectivity index (χ0n) is 29.7. The molecule has 1 atom stereocenters. The molecule has 41 heavy (non-hydrogen) atoms. The molecule has 0 aromatic heterocycles. The second-order valence-electron chi connectivity index (χ2n) is 18.6. The van der Waals surface area contributed by atoms with Crippen LogP contribution in [0.2, 0.25) is 0 Å². The van der Waals surface area contributed by atoms with E-state index in [-0.39, 0.29) is 18.8 Å². The summed E-state index contributed by atoms with van der Waals surface area (Å²) in [6, 6.07) is 0. The van der Waals surface area contributed by atoms with E-state index in [2.05, 4.69) is 62.3 Å². The average Bonchev–Trinajstić information content (AvgIpc) is 3.81. The number of alkyl halides is 2. The van der Waals surface area contributed by atoms with Crippen molar-refractivity contribution in [3.8, 4) is 0 Å². The average molecular weight is 581 g/mol. The molecule has 0 aromatic rings. The highest BCUT2D eigenvalue weighted by Crippen LogP contribution is 2.60. The number of halogens is 2. The standard InChI is InChI=1S/C9H18.C7H12.C6H10F2.2C6H12.C5H10/c1-8-4-6-9(2,3)7-5-8;1-7(4-5-7)6-2-3-6;1-5-2-3-6(7,8)4-5;1-6(2)4-3-5-6;1-6-4-2-3-5-6;1-5(2)3-4-5/h8H,4-7H2,1-3H3;6H,2-5H2,1H3;5H,2-4H2,1H3;3-5H2,1-2H3;6H,2-5H2,1H3;3-4H2,1-2H3. The van der Waals surface area contributed by atoms with E-state index in [1.165, 1.54) is 109 Å². The van der Waals surface area contributed by atoms with Crippen molar-refractivity contribution in [3.05, 3.63) is 0 Å². The van der Waals surface area contributed by atoms with Gasteiger partial charge in [-0.05, 0) is 116 Å². The Morgan fingerprint density at radius 3 is 0.927 bits per heavy atom. The van der Waals surface area contributed by atoms with Crippen LogP contribution in [0.25, 0.3) is 0 Å². The molecule has 7 aliphatic carbocycles. The largest absolute Gasteiger partial charge is 0.248 e. The van der Waals surface area contributed by atoms with Gasteiger partial charge in [0.15, 0.2) is 0 Å². The minimum absolute atomic E-state index is 0.104. The van der Waals surface area contributed by atoms with Crippen LogP contribution in [0.3, 0.4) is 0 Å². The lowest BCUT2D eigenvalue weighted by Crippen LogP contribution is -2.20. The lowest BCUT2D eigenvalue weighted by atomic mass is 9.72. The molecule has 7 saturated carbocycles. The normalized spacial score (nSPS) is 30.9. The van der Waals surface area contributed by atoms with Gasteiger partial charge < -0.3 is 0 Å². The zero-order chi connectivity index (χ0) is 31.0. The van der Waals surface area contributed by atoms with Crippen LogP contribution in [-0.4, -0.2) is 5.92 Å². The van der Waals surface area contributed by atoms with Crippen LogP contribution in [0.4, 0.5) is 8.78 Å². The lowest BCUT2D eigenvalue weighted by Gasteiger charge is -2.33. The van der Waals surface area contributed by atoms with Gasteiger partial charge >= 0.3 is 0 Å². The molecule has 7 aliphatic rings. The summed E-state index contributed by atoms with van der Waals surface area (Å²) in [6.45, 7) is 23.1. The molecular formula is C39H74F2. The fourth-order valence-electron chi connectivity index (χ4n) is 6.36. The van der Waals surface area contributed by atoms with E-state index in [0.717, 1.165) is 34.0 Å². The van der Waals surface area contributed by atoms with Gasteiger partial charge in [0, 0.05) is 12.8 Å². The first-order chi connectivity index (χ1) is 18.8. The first kappa shape index (κ1) is 37.0. The van der Waals surface area contributed by atoms with E-state index < -0.39 is 5.92 Å². The van der Waals surface area contributed by atoms with Crippen LogP contribution in [-0.2, 0) is 0 Å². The van der Waals surface area contributed by atoms with E-state index >= 15 is 0 Å². The van der Waals surface area contributed by atoms with Crippen LogP contribution in [0.15, 0.2) is 0 Å². The molecule has 0 heterocycles. The van der Waals surface area contributed by atoms with Gasteiger partial charge in [0.2, 0.25) is 5.92 Å². The third kappa shape index (κ3) is 17.7. The van der Waals surface area contributed by atoms with Crippen LogP contribution in [0, 0.1) is 45.3 Å². The van der Waals surface area contributed by atoms with E-state index in [1.807, 2.05) is 6.92 Å². The fraction of sp³-hybridized carbons (Fsp3) is 1.00. The summed E-state index contributed by atoms with van der Waals surface area (Å²) < 4.78 is 24.4. The van der Waals surface area contributed by atoms with E-state index in [0.29, 0.717) is 11.8 Å². The molecule has 0 bridgehead atoms. The van der Waals surface area contributed by atoms with Crippen LogP contribution >= 0.6 is 0 Å². The van der Waals surface area contributed by atoms with Crippen molar-refractivity contribution in [1.82, 2.24) is 0 Å². The predicted octanol–water partition coefficient (Wildman–Crippen LogP) is 14.1. The molecule has 7 fully saturated rings. The Morgan fingerprint density at radius 2 is 0.780 bits per heavy atom. The number of hydrogen-bond donors (Lipinski definition) is 0. The van der Waals surface area contributed by atoms with Gasteiger partial charge in [0.1, 0.15) is 0 Å². The Bertz CT molecular complexity index is 696. The minimum Gasteiger partial charge on any atom is -0.207 e. The fourth-order valence-corrected chi connectivity index (χ4v) is 6.36. The summed E-state index contributed by atoms with van der Waals surface area (Å²) in [6.07, 6.45) is 26.0. The number of hydrogen-bond acceptors (Lipinski definition) is 0. The van der Waals surface area contributed by atoms with Gasteiger partial charge in [0.05, 0.1) is 0 Å². The molecule has 1 unspecified atom stereocenters. The first-order valence-electron chi connectivity index (χ1n) is 18.2. The highest BCUT2D eigenvalue weighted by Gasteiger charge is 2.49. The Balaban J connectivity index is 0.000000174. The third-order valence-electron chi connectivity index (χ3n) is 11.5. The van der Waals surface area contributed by atoms with Crippen molar-refractivity contribution in [2.45, 2.75) is 204 Å². The van der Waals surface area contributed by atoms with Crippen molar-refractivity contribution >= 4 is 0 Å². The Hall–Kier alpha value is -0.140. The van der Waals surface area contributed by atoms with Crippen LogP contribution in [0.5, 0.6) is 0 Å². The maximum absolute atomic E-state index is 12.2. The second kappa shape index (κ2) is 15.7. The predicted molar refractivity (Wildman–Crippen MR) is 178 cm³/mol. The molecule has 0 aliphatic heterocycles. The van der Waals surface area contributed by atoms with Gasteiger partial charge in [-0.3, -0.25) is 0 Å². The van der Waals surface area contributed by atoms with Crippen LogP contribution in [0.1, 0.15) is 198 Å². The summed E-state index contributed by atoms with van der Waals surface area (Å²) in [5, 5.41) is 0. The molecular weight excluding hydrogens is 506 g/mol. The minimum atomic E-state index is -2.33. The van der Waals surface area contributed by atoms with Gasteiger partial charge in [-0.15, -0.1) is 0 Å². The molecule has 0 nitrogen and oxygen atoms in total. The van der Waals surface area contributed by atoms with E-state index in [1.54, 1.807) is 0 Å². The third-order valence-corrected chi connectivity index (χ3v) is 11.5. The highest BCUT2D eigenvalue weighted by molar-refractivity contribution is 5.00. The summed E-state index contributed by atoms with van der Waals surface area (Å²) in [5.41, 5.74) is 2.99. The molecule has 2 heteroatoms. The molecule has 244 valence electrons. The molecule has 0 amide bonds. The van der Waals surface area contributed by atoms with Crippen molar-refractivity contribution in [2.24, 2.45) is 45.3 Å². The van der Waals surface area contributed by atoms with Gasteiger partial charge in [-0.1, -0.05) is 114 Å². The zero-order valence-corrected chi connectivity index (χ0v) is 29.7. The molecule has 0 N–H and O–H groups in total.